The molecular weight excluding hydrogens is 779 g/mol. The minimum Gasteiger partial charge on any atom is -0.493 e. The summed E-state index contributed by atoms with van der Waals surface area (Å²) in [4.78, 5) is 44.9. The summed E-state index contributed by atoms with van der Waals surface area (Å²) in [5.41, 5.74) is -5.46. The van der Waals surface area contributed by atoms with Gasteiger partial charge in [0.15, 0.2) is 11.4 Å². The third-order valence-electron chi connectivity index (χ3n) is 12.0. The molecule has 16 heteroatoms. The number of aromatic nitrogens is 1. The quantitative estimate of drug-likeness (QED) is 0.122. The number of benzene rings is 1. The highest BCUT2D eigenvalue weighted by molar-refractivity contribution is 7.10. The number of carboxylic acid groups (broad SMARTS) is 1. The van der Waals surface area contributed by atoms with Crippen LogP contribution in [0.3, 0.4) is 0 Å². The monoisotopic (exact) mass is 824 g/mol. The zero-order valence-electron chi connectivity index (χ0n) is 31.5. The van der Waals surface area contributed by atoms with Gasteiger partial charge >= 0.3 is 18.3 Å². The average molecular weight is 825 g/mol. The van der Waals surface area contributed by atoms with Crippen molar-refractivity contribution in [3.63, 3.8) is 0 Å². The number of aliphatic hydroxyl groups is 1. The van der Waals surface area contributed by atoms with E-state index in [9.17, 15) is 46.1 Å². The Morgan fingerprint density at radius 3 is 2.32 bits per heavy atom. The van der Waals surface area contributed by atoms with Crippen LogP contribution in [0.1, 0.15) is 117 Å². The predicted octanol–water partition coefficient (Wildman–Crippen LogP) is 9.46. The number of para-hydroxylation sites is 1. The van der Waals surface area contributed by atoms with Crippen molar-refractivity contribution in [2.24, 2.45) is 11.3 Å². The standard InChI is InChI=1S/C41H46F6N2O7S/c1-2-8-32-39(56-27-23-33(57-25-27)41(45,46)47,17-6-21-49(32)35(51)28-24-48-20-13-29(28)40(42,43)44)34(50)26-11-18-38(54,19-12-26)30-9-3-4-10-31(30)55-22-7-16-37(36(52)53)14-5-15-37/h3-4,9-10,13,20,23-26,32,54H,2,5-8,11-12,14-19,21-22H2,1H3,(H,52,53)/t26?,32-,38?,39+/m1/s1. The SMILES string of the molecule is CCC[C@H]1N(C(=O)c2cnccc2C(F)(F)F)CCC[C@@]1(Oc1csc(C(F)(F)F)c1)C(=O)C1CCC(O)(c2ccccc2OCCCC2(C(=O)O)CCC2)CC1. The molecule has 9 nitrogen and oxygen atoms in total. The van der Waals surface area contributed by atoms with E-state index in [1.54, 1.807) is 31.2 Å². The summed E-state index contributed by atoms with van der Waals surface area (Å²) < 4.78 is 95.9. The second-order valence-corrected chi connectivity index (χ2v) is 16.4. The number of carboxylic acids is 1. The Balaban J connectivity index is 1.26. The number of carbonyl (C=O) groups is 3. The van der Waals surface area contributed by atoms with Gasteiger partial charge in [-0.25, -0.2) is 0 Å². The molecule has 2 saturated carbocycles. The van der Waals surface area contributed by atoms with Crippen molar-refractivity contribution < 1.29 is 60.4 Å². The molecule has 1 saturated heterocycles. The van der Waals surface area contributed by atoms with Gasteiger partial charge in [0.2, 0.25) is 0 Å². The van der Waals surface area contributed by atoms with Gasteiger partial charge in [-0.1, -0.05) is 38.0 Å². The maximum Gasteiger partial charge on any atom is 0.425 e. The minimum absolute atomic E-state index is 0.00273. The lowest BCUT2D eigenvalue weighted by molar-refractivity contribution is -0.155. The summed E-state index contributed by atoms with van der Waals surface area (Å²) in [6.45, 7) is 1.98. The molecule has 3 heterocycles. The molecular formula is C41H46F6N2O7S. The Labute approximate surface area is 330 Å². The molecule has 3 aromatic rings. The fourth-order valence-corrected chi connectivity index (χ4v) is 9.54. The Hall–Kier alpha value is -4.18. The third-order valence-corrected chi connectivity index (χ3v) is 13.0. The highest BCUT2D eigenvalue weighted by atomic mass is 32.1. The van der Waals surface area contributed by atoms with E-state index in [4.69, 9.17) is 9.47 Å². The molecule has 0 radical (unpaired) electrons. The Bertz CT molecular complexity index is 1920. The van der Waals surface area contributed by atoms with Crippen molar-refractivity contribution in [2.45, 2.75) is 120 Å². The molecule has 310 valence electrons. The average Bonchev–Trinajstić information content (AvgIpc) is 3.63. The molecule has 1 aromatic carbocycles. The number of ether oxygens (including phenoxy) is 2. The summed E-state index contributed by atoms with van der Waals surface area (Å²) in [7, 11) is 0. The van der Waals surface area contributed by atoms with Crippen LogP contribution in [0, 0.1) is 11.3 Å². The summed E-state index contributed by atoms with van der Waals surface area (Å²) in [6.07, 6.45) is -3.67. The Morgan fingerprint density at radius 2 is 1.70 bits per heavy atom. The lowest BCUT2D eigenvalue weighted by Crippen LogP contribution is -2.66. The molecule has 3 aliphatic rings. The molecule has 57 heavy (non-hydrogen) atoms. The molecule has 2 aliphatic carbocycles. The first-order chi connectivity index (χ1) is 26.9. The van der Waals surface area contributed by atoms with E-state index in [0.29, 0.717) is 60.8 Å². The van der Waals surface area contributed by atoms with Crippen molar-refractivity contribution in [2.75, 3.05) is 13.2 Å². The predicted molar refractivity (Wildman–Crippen MR) is 197 cm³/mol. The lowest BCUT2D eigenvalue weighted by Gasteiger charge is -2.50. The number of alkyl halides is 6. The first-order valence-electron chi connectivity index (χ1n) is 19.3. The van der Waals surface area contributed by atoms with Gasteiger partial charge in [0.1, 0.15) is 16.4 Å². The van der Waals surface area contributed by atoms with Crippen LogP contribution in [0.2, 0.25) is 0 Å². The normalized spacial score (nSPS) is 25.0. The van der Waals surface area contributed by atoms with Crippen molar-refractivity contribution in [3.05, 3.63) is 75.7 Å². The van der Waals surface area contributed by atoms with E-state index in [0.717, 1.165) is 30.3 Å². The van der Waals surface area contributed by atoms with Crippen LogP contribution in [0.25, 0.3) is 0 Å². The number of ketones is 1. The number of hydrogen-bond acceptors (Lipinski definition) is 8. The van der Waals surface area contributed by atoms with Gasteiger partial charge < -0.3 is 24.6 Å². The lowest BCUT2D eigenvalue weighted by atomic mass is 9.66. The summed E-state index contributed by atoms with van der Waals surface area (Å²) in [5.74, 6) is -2.89. The van der Waals surface area contributed by atoms with Gasteiger partial charge in [-0.2, -0.15) is 26.3 Å². The number of carbonyl (C=O) groups excluding carboxylic acids is 2. The minimum atomic E-state index is -4.89. The fourth-order valence-electron chi connectivity index (χ4n) is 8.86. The number of thiophene rings is 1. The number of Topliss-reactive ketones (excluding diaryl/α,β-unsaturated/α-hetero) is 1. The number of rotatable bonds is 14. The maximum absolute atomic E-state index is 15.0. The van der Waals surface area contributed by atoms with Crippen molar-refractivity contribution in [3.8, 4) is 11.5 Å². The molecule has 0 bridgehead atoms. The molecule has 0 unspecified atom stereocenters. The van der Waals surface area contributed by atoms with Crippen LogP contribution in [-0.2, 0) is 27.5 Å². The number of likely N-dealkylation sites (tertiary alicyclic amines) is 1. The number of aliphatic carboxylic acids is 1. The van der Waals surface area contributed by atoms with E-state index in [1.807, 2.05) is 0 Å². The second kappa shape index (κ2) is 16.6. The van der Waals surface area contributed by atoms with Crippen LogP contribution >= 0.6 is 11.3 Å². The van der Waals surface area contributed by atoms with E-state index >= 15 is 4.79 Å². The second-order valence-electron chi connectivity index (χ2n) is 15.5. The van der Waals surface area contributed by atoms with Gasteiger partial charge in [0.05, 0.1) is 34.8 Å². The largest absolute Gasteiger partial charge is 0.493 e. The van der Waals surface area contributed by atoms with Crippen LogP contribution in [0.5, 0.6) is 11.5 Å². The number of hydrogen-bond donors (Lipinski definition) is 2. The van der Waals surface area contributed by atoms with Crippen LogP contribution in [0.4, 0.5) is 26.3 Å². The first kappa shape index (κ1) is 42.4. The van der Waals surface area contributed by atoms with Gasteiger partial charge in [-0.15, -0.1) is 11.3 Å². The van der Waals surface area contributed by atoms with Gasteiger partial charge in [-0.3, -0.25) is 19.4 Å². The van der Waals surface area contributed by atoms with Crippen molar-refractivity contribution in [1.29, 1.82) is 0 Å². The topological polar surface area (TPSA) is 126 Å². The van der Waals surface area contributed by atoms with E-state index in [-0.39, 0.29) is 63.8 Å². The Kier molecular flexibility index (Phi) is 12.3. The highest BCUT2D eigenvalue weighted by Gasteiger charge is 2.56. The van der Waals surface area contributed by atoms with Crippen molar-refractivity contribution >= 4 is 29.0 Å². The van der Waals surface area contributed by atoms with E-state index < -0.39 is 74.6 Å². The number of halogens is 6. The maximum atomic E-state index is 15.0. The number of amides is 1. The van der Waals surface area contributed by atoms with Crippen molar-refractivity contribution in [1.82, 2.24) is 9.88 Å². The molecule has 2 N–H and O–H groups in total. The fraction of sp³-hybridized carbons (Fsp3) is 0.561. The number of pyridine rings is 1. The molecule has 6 rings (SSSR count). The highest BCUT2D eigenvalue weighted by Crippen LogP contribution is 2.49. The third kappa shape index (κ3) is 8.67. The number of piperidine rings is 1. The van der Waals surface area contributed by atoms with E-state index in [2.05, 4.69) is 4.98 Å². The van der Waals surface area contributed by atoms with Gasteiger partial charge in [0, 0.05) is 41.9 Å². The molecule has 0 spiro atoms. The van der Waals surface area contributed by atoms with Gasteiger partial charge in [0.25, 0.3) is 5.91 Å². The summed E-state index contributed by atoms with van der Waals surface area (Å²) in [5, 5.41) is 22.8. The van der Waals surface area contributed by atoms with Gasteiger partial charge in [-0.05, 0) is 82.8 Å². The molecule has 2 aromatic heterocycles. The van der Waals surface area contributed by atoms with E-state index in [1.165, 1.54) is 4.90 Å². The molecule has 1 amide bonds. The summed E-state index contributed by atoms with van der Waals surface area (Å²) >= 11 is 0.380. The smallest absolute Gasteiger partial charge is 0.425 e. The molecule has 1 aliphatic heterocycles. The summed E-state index contributed by atoms with van der Waals surface area (Å²) in [6, 6.07) is 7.30. The zero-order chi connectivity index (χ0) is 41.2. The first-order valence-corrected chi connectivity index (χ1v) is 20.2. The van der Waals surface area contributed by atoms with Crippen LogP contribution in [0.15, 0.2) is 54.2 Å². The number of nitrogens with zero attached hydrogens (tertiary/aromatic N) is 2. The zero-order valence-corrected chi connectivity index (χ0v) is 32.3. The Morgan fingerprint density at radius 1 is 0.982 bits per heavy atom. The molecule has 3 fully saturated rings. The van der Waals surface area contributed by atoms with Crippen LogP contribution < -0.4 is 9.47 Å². The molecule has 2 atom stereocenters. The van der Waals surface area contributed by atoms with Crippen LogP contribution in [-0.4, -0.2) is 62.6 Å².